The zero-order valence-corrected chi connectivity index (χ0v) is 16.5. The molecule has 0 spiro atoms. The van der Waals surface area contributed by atoms with E-state index in [1.54, 1.807) is 22.8 Å². The Bertz CT molecular complexity index is 1270. The lowest BCUT2D eigenvalue weighted by atomic mass is 9.86. The molecule has 2 heterocycles. The van der Waals surface area contributed by atoms with Gasteiger partial charge in [0.25, 0.3) is 0 Å². The number of hydrogen-bond acceptors (Lipinski definition) is 3. The summed E-state index contributed by atoms with van der Waals surface area (Å²) in [5, 5.41) is 4.70. The highest BCUT2D eigenvalue weighted by Crippen LogP contribution is 2.32. The number of ketones is 1. The molecule has 148 valence electrons. The Kier molecular flexibility index (Phi) is 4.51. The minimum atomic E-state index is -0.281. The van der Waals surface area contributed by atoms with Gasteiger partial charge in [0.05, 0.1) is 17.0 Å². The number of halogens is 1. The van der Waals surface area contributed by atoms with Gasteiger partial charge in [-0.15, -0.1) is 0 Å². The Morgan fingerprint density at radius 3 is 2.60 bits per heavy atom. The number of aryl methyl sites for hydroxylation is 1. The first-order chi connectivity index (χ1) is 14.6. The predicted molar refractivity (Wildman–Crippen MR) is 115 cm³/mol. The van der Waals surface area contributed by atoms with Crippen molar-refractivity contribution in [3.05, 3.63) is 95.2 Å². The molecule has 0 bridgehead atoms. The van der Waals surface area contributed by atoms with E-state index in [9.17, 15) is 9.18 Å². The number of aromatic nitrogens is 3. The van der Waals surface area contributed by atoms with Crippen LogP contribution in [0.3, 0.4) is 0 Å². The first-order valence-electron chi connectivity index (χ1n) is 10.00. The highest BCUT2D eigenvalue weighted by atomic mass is 19.1. The van der Waals surface area contributed by atoms with E-state index in [-0.39, 0.29) is 17.5 Å². The summed E-state index contributed by atoms with van der Waals surface area (Å²) in [5.74, 6) is -0.0868. The lowest BCUT2D eigenvalue weighted by Gasteiger charge is -2.21. The fourth-order valence-electron chi connectivity index (χ4n) is 4.14. The summed E-state index contributed by atoms with van der Waals surface area (Å²) in [6.07, 6.45) is 7.03. The van der Waals surface area contributed by atoms with Crippen molar-refractivity contribution in [2.45, 2.75) is 19.8 Å². The molecule has 0 fully saturated rings. The van der Waals surface area contributed by atoms with Crippen LogP contribution >= 0.6 is 0 Å². The van der Waals surface area contributed by atoms with E-state index in [1.165, 1.54) is 12.1 Å². The molecule has 4 nitrogen and oxygen atoms in total. The molecule has 0 unspecified atom stereocenters. The van der Waals surface area contributed by atoms with Gasteiger partial charge in [-0.05, 0) is 42.5 Å². The summed E-state index contributed by atoms with van der Waals surface area (Å²) in [6.45, 7) is 1.91. The molecule has 5 rings (SSSR count). The largest absolute Gasteiger partial charge is 0.294 e. The number of Topliss-reactive ketones (excluding diaryl/α,β-unsaturated/α-hetero) is 1. The molecule has 1 aliphatic rings. The first-order valence-corrected chi connectivity index (χ1v) is 10.00. The summed E-state index contributed by atoms with van der Waals surface area (Å²) in [5.41, 5.74) is 5.86. The zero-order valence-electron chi connectivity index (χ0n) is 16.5. The number of nitrogens with zero attached hydrogens (tertiary/aromatic N) is 3. The minimum absolute atomic E-state index is 0.0878. The number of hydrogen-bond donors (Lipinski definition) is 0. The van der Waals surface area contributed by atoms with Crippen molar-refractivity contribution in [1.29, 1.82) is 0 Å². The molecule has 0 N–H and O–H groups in total. The van der Waals surface area contributed by atoms with Gasteiger partial charge in [0.2, 0.25) is 0 Å². The topological polar surface area (TPSA) is 47.3 Å². The van der Waals surface area contributed by atoms with Crippen LogP contribution < -0.4 is 0 Å². The van der Waals surface area contributed by atoms with E-state index in [0.29, 0.717) is 24.1 Å². The Morgan fingerprint density at radius 1 is 1.07 bits per heavy atom. The highest BCUT2D eigenvalue weighted by molar-refractivity contribution is 5.98. The van der Waals surface area contributed by atoms with Crippen molar-refractivity contribution >= 4 is 17.5 Å². The Morgan fingerprint density at radius 2 is 1.83 bits per heavy atom. The van der Waals surface area contributed by atoms with Gasteiger partial charge >= 0.3 is 0 Å². The van der Waals surface area contributed by atoms with E-state index in [2.05, 4.69) is 17.1 Å². The standard InChI is InChI=1S/C25H20FN3O/c1-16-24(19-9-11-20(26)12-10-19)25-27-15-21-22(29(25)28-16)13-18(14-23(21)30)8-7-17-5-3-2-4-6-17/h2-12,15,18H,13-14H2,1H3/b8-7+/t18-/m1/s1. The number of benzene rings is 2. The van der Waals surface area contributed by atoms with E-state index < -0.39 is 0 Å². The number of carbonyl (C=O) groups is 1. The zero-order chi connectivity index (χ0) is 20.7. The maximum atomic E-state index is 13.4. The van der Waals surface area contributed by atoms with E-state index in [1.807, 2.05) is 37.3 Å². The number of allylic oxidation sites excluding steroid dienone is 1. The average Bonchev–Trinajstić information content (AvgIpc) is 3.10. The summed E-state index contributed by atoms with van der Waals surface area (Å²) in [6, 6.07) is 16.4. The lowest BCUT2D eigenvalue weighted by Crippen LogP contribution is -2.22. The van der Waals surface area contributed by atoms with Crippen LogP contribution in [0.1, 0.15) is 33.7 Å². The van der Waals surface area contributed by atoms with Crippen LogP contribution in [0.15, 0.2) is 66.9 Å². The van der Waals surface area contributed by atoms with E-state index >= 15 is 0 Å². The number of rotatable bonds is 3. The highest BCUT2D eigenvalue weighted by Gasteiger charge is 2.28. The quantitative estimate of drug-likeness (QED) is 0.471. The van der Waals surface area contributed by atoms with Crippen molar-refractivity contribution in [3.8, 4) is 11.1 Å². The third kappa shape index (κ3) is 3.22. The summed E-state index contributed by atoms with van der Waals surface area (Å²) >= 11 is 0. The Hall–Kier alpha value is -3.60. The predicted octanol–water partition coefficient (Wildman–Crippen LogP) is 5.30. The summed E-state index contributed by atoms with van der Waals surface area (Å²) in [7, 11) is 0. The molecule has 0 radical (unpaired) electrons. The van der Waals surface area contributed by atoms with Crippen LogP contribution in [-0.4, -0.2) is 20.4 Å². The van der Waals surface area contributed by atoms with Crippen LogP contribution in [0.5, 0.6) is 0 Å². The molecule has 1 atom stereocenters. The Labute approximate surface area is 173 Å². The van der Waals surface area contributed by atoms with Crippen molar-refractivity contribution in [2.24, 2.45) is 5.92 Å². The second-order valence-corrected chi connectivity index (χ2v) is 7.68. The maximum absolute atomic E-state index is 13.4. The van der Waals surface area contributed by atoms with Crippen molar-refractivity contribution in [2.75, 3.05) is 0 Å². The molecule has 0 saturated heterocycles. The summed E-state index contributed by atoms with van der Waals surface area (Å²) in [4.78, 5) is 17.3. The molecule has 0 amide bonds. The first kappa shape index (κ1) is 18.4. The molecule has 0 saturated carbocycles. The van der Waals surface area contributed by atoms with Crippen LogP contribution in [0.4, 0.5) is 4.39 Å². The molecular weight excluding hydrogens is 377 g/mol. The van der Waals surface area contributed by atoms with Crippen molar-refractivity contribution < 1.29 is 9.18 Å². The van der Waals surface area contributed by atoms with E-state index in [0.717, 1.165) is 28.1 Å². The molecule has 1 aliphatic carbocycles. The van der Waals surface area contributed by atoms with Crippen molar-refractivity contribution in [3.63, 3.8) is 0 Å². The number of fused-ring (bicyclic) bond motifs is 3. The molecule has 0 aliphatic heterocycles. The average molecular weight is 397 g/mol. The van der Waals surface area contributed by atoms with Crippen LogP contribution in [0.2, 0.25) is 0 Å². The van der Waals surface area contributed by atoms with Crippen molar-refractivity contribution in [1.82, 2.24) is 14.6 Å². The molecule has 4 aromatic rings. The van der Waals surface area contributed by atoms with Gasteiger partial charge in [0.1, 0.15) is 5.82 Å². The van der Waals surface area contributed by atoms with Gasteiger partial charge in [0, 0.05) is 18.2 Å². The second kappa shape index (κ2) is 7.34. The fourth-order valence-corrected chi connectivity index (χ4v) is 4.14. The molecule has 2 aromatic carbocycles. The Balaban J connectivity index is 1.56. The van der Waals surface area contributed by atoms with E-state index in [4.69, 9.17) is 5.10 Å². The third-order valence-electron chi connectivity index (χ3n) is 5.62. The van der Waals surface area contributed by atoms with Crippen LogP contribution in [0.25, 0.3) is 22.9 Å². The monoisotopic (exact) mass is 397 g/mol. The minimum Gasteiger partial charge on any atom is -0.294 e. The maximum Gasteiger partial charge on any atom is 0.166 e. The van der Waals surface area contributed by atoms with Gasteiger partial charge in [-0.2, -0.15) is 5.10 Å². The molecule has 2 aromatic heterocycles. The third-order valence-corrected chi connectivity index (χ3v) is 5.62. The van der Waals surface area contributed by atoms with Crippen LogP contribution in [-0.2, 0) is 6.42 Å². The SMILES string of the molecule is Cc1nn2c3c(cnc2c1-c1ccc(F)cc1)C(=O)C[C@H](/C=C/c1ccccc1)C3. The molecule has 30 heavy (non-hydrogen) atoms. The van der Waals surface area contributed by atoms with Gasteiger partial charge in [0.15, 0.2) is 11.4 Å². The number of carbonyl (C=O) groups excluding carboxylic acids is 1. The second-order valence-electron chi connectivity index (χ2n) is 7.68. The summed E-state index contributed by atoms with van der Waals surface area (Å²) < 4.78 is 15.2. The fraction of sp³-hybridized carbons (Fsp3) is 0.160. The van der Waals surface area contributed by atoms with Gasteiger partial charge in [-0.25, -0.2) is 13.9 Å². The van der Waals surface area contributed by atoms with Gasteiger partial charge < -0.3 is 0 Å². The molecular formula is C25H20FN3O. The lowest BCUT2D eigenvalue weighted by molar-refractivity contribution is 0.0957. The van der Waals surface area contributed by atoms with Crippen LogP contribution in [0, 0.1) is 18.7 Å². The van der Waals surface area contributed by atoms with Gasteiger partial charge in [-0.3, -0.25) is 4.79 Å². The normalized spacial score (nSPS) is 16.3. The molecule has 5 heteroatoms. The smallest absolute Gasteiger partial charge is 0.166 e. The van der Waals surface area contributed by atoms with Gasteiger partial charge in [-0.1, -0.05) is 54.6 Å².